The monoisotopic (exact) mass is 574 g/mol. The Labute approximate surface area is 258 Å². The van der Waals surface area contributed by atoms with Crippen LogP contribution in [0.5, 0.6) is 0 Å². The summed E-state index contributed by atoms with van der Waals surface area (Å²) in [7, 11) is 0. The lowest BCUT2D eigenvalue weighted by Crippen LogP contribution is -2.15. The van der Waals surface area contributed by atoms with Crippen molar-refractivity contribution in [1.82, 2.24) is 19.1 Å². The second-order valence-corrected chi connectivity index (χ2v) is 13.1. The summed E-state index contributed by atoms with van der Waals surface area (Å²) in [6.07, 6.45) is 12.8. The molecule has 3 aromatic heterocycles. The van der Waals surface area contributed by atoms with Crippen molar-refractivity contribution in [3.8, 4) is 11.6 Å². The molecule has 7 aromatic rings. The molecule has 0 spiro atoms. The Morgan fingerprint density at radius 3 is 1.50 bits per heavy atom. The summed E-state index contributed by atoms with van der Waals surface area (Å²) < 4.78 is 4.86. The Kier molecular flexibility index (Phi) is 6.28. The highest BCUT2D eigenvalue weighted by Crippen LogP contribution is 2.42. The third-order valence-corrected chi connectivity index (χ3v) is 10.5. The number of hydrogen-bond acceptors (Lipinski definition) is 2. The molecule has 2 aliphatic carbocycles. The molecule has 4 heteroatoms. The fourth-order valence-corrected chi connectivity index (χ4v) is 8.34. The van der Waals surface area contributed by atoms with Gasteiger partial charge < -0.3 is 4.57 Å². The predicted octanol–water partition coefficient (Wildman–Crippen LogP) is 10.8. The molecule has 9 rings (SSSR count). The van der Waals surface area contributed by atoms with E-state index in [-0.39, 0.29) is 0 Å². The van der Waals surface area contributed by atoms with Crippen LogP contribution in [0.3, 0.4) is 0 Å². The van der Waals surface area contributed by atoms with Gasteiger partial charge in [-0.2, -0.15) is 0 Å². The minimum absolute atomic E-state index is 0.525. The van der Waals surface area contributed by atoms with Gasteiger partial charge in [-0.3, -0.25) is 4.57 Å². The van der Waals surface area contributed by atoms with Gasteiger partial charge in [0.25, 0.3) is 0 Å². The van der Waals surface area contributed by atoms with Crippen LogP contribution in [0.4, 0.5) is 0 Å². The Bertz CT molecular complexity index is 2100. The van der Waals surface area contributed by atoms with E-state index in [0.29, 0.717) is 11.8 Å². The van der Waals surface area contributed by atoms with E-state index in [1.54, 1.807) is 0 Å². The zero-order chi connectivity index (χ0) is 29.0. The minimum Gasteiger partial charge on any atom is -0.307 e. The molecule has 44 heavy (non-hydrogen) atoms. The average Bonchev–Trinajstić information content (AvgIpc) is 3.62. The number of benzene rings is 4. The van der Waals surface area contributed by atoms with Gasteiger partial charge in [0.2, 0.25) is 5.95 Å². The molecule has 0 radical (unpaired) electrons. The van der Waals surface area contributed by atoms with E-state index < -0.39 is 0 Å². The molecule has 0 unspecified atom stereocenters. The second-order valence-electron chi connectivity index (χ2n) is 13.1. The molecule has 4 nitrogen and oxygen atoms in total. The van der Waals surface area contributed by atoms with Gasteiger partial charge in [-0.25, -0.2) is 9.97 Å². The van der Waals surface area contributed by atoms with Gasteiger partial charge in [0, 0.05) is 50.5 Å². The van der Waals surface area contributed by atoms with Crippen LogP contribution in [-0.4, -0.2) is 19.1 Å². The summed E-state index contributed by atoms with van der Waals surface area (Å²) in [6, 6.07) is 35.5. The smallest absolute Gasteiger partial charge is 0.235 e. The van der Waals surface area contributed by atoms with E-state index in [2.05, 4.69) is 106 Å². The molecular weight excluding hydrogens is 536 g/mol. The van der Waals surface area contributed by atoms with E-state index in [9.17, 15) is 0 Å². The molecule has 0 amide bonds. The quantitative estimate of drug-likeness (QED) is 0.210. The van der Waals surface area contributed by atoms with Crippen LogP contribution in [0.15, 0.2) is 97.1 Å². The molecule has 0 atom stereocenters. The molecule has 4 aromatic carbocycles. The van der Waals surface area contributed by atoms with Gasteiger partial charge in [0.1, 0.15) is 0 Å². The van der Waals surface area contributed by atoms with E-state index in [4.69, 9.17) is 9.97 Å². The van der Waals surface area contributed by atoms with Gasteiger partial charge in [-0.1, -0.05) is 105 Å². The van der Waals surface area contributed by atoms with E-state index in [1.165, 1.54) is 125 Å². The fourth-order valence-electron chi connectivity index (χ4n) is 8.34. The summed E-state index contributed by atoms with van der Waals surface area (Å²) in [4.78, 5) is 11.0. The highest BCUT2D eigenvalue weighted by molar-refractivity contribution is 6.23. The van der Waals surface area contributed by atoms with Gasteiger partial charge in [0.15, 0.2) is 0 Å². The first kappa shape index (κ1) is 26.0. The van der Waals surface area contributed by atoms with Crippen molar-refractivity contribution >= 4 is 43.6 Å². The van der Waals surface area contributed by atoms with Crippen LogP contribution >= 0.6 is 0 Å². The Balaban J connectivity index is 1.41. The number of rotatable bonds is 4. The van der Waals surface area contributed by atoms with Crippen molar-refractivity contribution in [2.75, 3.05) is 0 Å². The van der Waals surface area contributed by atoms with E-state index in [1.807, 2.05) is 0 Å². The molecule has 2 saturated carbocycles. The Morgan fingerprint density at radius 2 is 0.932 bits per heavy atom. The summed E-state index contributed by atoms with van der Waals surface area (Å²) >= 11 is 0. The highest BCUT2D eigenvalue weighted by Gasteiger charge is 2.26. The van der Waals surface area contributed by atoms with Crippen LogP contribution in [0.1, 0.15) is 87.4 Å². The number of para-hydroxylation sites is 3. The Morgan fingerprint density at radius 1 is 0.455 bits per heavy atom. The number of hydrogen-bond donors (Lipinski definition) is 0. The summed E-state index contributed by atoms with van der Waals surface area (Å²) in [6.45, 7) is 0. The second kappa shape index (κ2) is 10.6. The fraction of sp³-hybridized carbons (Fsp3) is 0.300. The Hall–Kier alpha value is -4.44. The lowest BCUT2D eigenvalue weighted by Gasteiger charge is -2.25. The summed E-state index contributed by atoms with van der Waals surface area (Å²) in [5.41, 5.74) is 8.50. The van der Waals surface area contributed by atoms with Gasteiger partial charge in [0.05, 0.1) is 22.1 Å². The van der Waals surface area contributed by atoms with E-state index in [0.717, 1.165) is 5.95 Å². The average molecular weight is 575 g/mol. The molecule has 3 heterocycles. The molecule has 2 fully saturated rings. The van der Waals surface area contributed by atoms with Crippen LogP contribution in [0.25, 0.3) is 55.2 Å². The molecular formula is C40H38N4. The zero-order valence-electron chi connectivity index (χ0n) is 25.3. The SMILES string of the molecule is c1ccc(-n2c3ccccc3c3ccc4c5ccccc5n(-c5nc(C6CCCCC6)cc(C6CCCCC6)n5)c4c32)cc1. The normalized spacial score (nSPS) is 16.9. The predicted molar refractivity (Wildman–Crippen MR) is 182 cm³/mol. The number of aromatic nitrogens is 4. The van der Waals surface area contributed by atoms with Crippen LogP contribution in [0, 0.1) is 0 Å². The number of fused-ring (bicyclic) bond motifs is 7. The maximum atomic E-state index is 5.50. The van der Waals surface area contributed by atoms with Crippen molar-refractivity contribution in [1.29, 1.82) is 0 Å². The third-order valence-electron chi connectivity index (χ3n) is 10.5. The van der Waals surface area contributed by atoms with Crippen LogP contribution in [0.2, 0.25) is 0 Å². The number of nitrogens with zero attached hydrogens (tertiary/aromatic N) is 4. The first-order valence-corrected chi connectivity index (χ1v) is 16.7. The van der Waals surface area contributed by atoms with Gasteiger partial charge in [-0.05, 0) is 56.0 Å². The maximum Gasteiger partial charge on any atom is 0.235 e. The van der Waals surface area contributed by atoms with Crippen molar-refractivity contribution in [3.63, 3.8) is 0 Å². The minimum atomic E-state index is 0.525. The van der Waals surface area contributed by atoms with Crippen molar-refractivity contribution < 1.29 is 0 Å². The van der Waals surface area contributed by atoms with Crippen molar-refractivity contribution in [2.45, 2.75) is 76.0 Å². The van der Waals surface area contributed by atoms with Crippen LogP contribution < -0.4 is 0 Å². The topological polar surface area (TPSA) is 35.6 Å². The molecule has 0 saturated heterocycles. The molecule has 218 valence electrons. The first-order valence-electron chi connectivity index (χ1n) is 16.7. The largest absolute Gasteiger partial charge is 0.307 e. The maximum absolute atomic E-state index is 5.50. The molecule has 2 aliphatic rings. The van der Waals surface area contributed by atoms with Crippen molar-refractivity contribution in [2.24, 2.45) is 0 Å². The molecule has 0 bridgehead atoms. The van der Waals surface area contributed by atoms with Crippen molar-refractivity contribution in [3.05, 3.63) is 108 Å². The highest BCUT2D eigenvalue weighted by atomic mass is 15.2. The molecule has 0 aliphatic heterocycles. The molecule has 0 N–H and O–H groups in total. The summed E-state index contributed by atoms with van der Waals surface area (Å²) in [5.74, 6) is 1.89. The lowest BCUT2D eigenvalue weighted by molar-refractivity contribution is 0.424. The first-order chi connectivity index (χ1) is 21.8. The van der Waals surface area contributed by atoms with Gasteiger partial charge in [-0.15, -0.1) is 0 Å². The zero-order valence-corrected chi connectivity index (χ0v) is 25.3. The van der Waals surface area contributed by atoms with Gasteiger partial charge >= 0.3 is 0 Å². The lowest BCUT2D eigenvalue weighted by atomic mass is 9.84. The van der Waals surface area contributed by atoms with E-state index >= 15 is 0 Å². The summed E-state index contributed by atoms with van der Waals surface area (Å²) in [5, 5.41) is 5.03. The van der Waals surface area contributed by atoms with Crippen LogP contribution in [-0.2, 0) is 0 Å². The standard InChI is InChI=1S/C40H38N4/c1-4-14-27(15-5-1)34-26-35(28-16-6-2-7-17-28)42-40(41-34)44-37-23-13-11-21-31(37)33-25-24-32-30-20-10-12-22-36(30)43(38(32)39(33)44)29-18-8-3-9-19-29/h3,8-13,18-28H,1-2,4-7,14-17H2. The third kappa shape index (κ3) is 4.11.